The maximum absolute atomic E-state index is 13.6. The van der Waals surface area contributed by atoms with Crippen molar-refractivity contribution in [2.24, 2.45) is 0 Å². The van der Waals surface area contributed by atoms with Gasteiger partial charge >= 0.3 is 0 Å². The van der Waals surface area contributed by atoms with Gasteiger partial charge in [0.25, 0.3) is 11.6 Å². The molecular weight excluding hydrogens is 410 g/mol. The lowest BCUT2D eigenvalue weighted by molar-refractivity contribution is -0.384. The average molecular weight is 429 g/mol. The van der Waals surface area contributed by atoms with Crippen molar-refractivity contribution in [1.82, 2.24) is 0 Å². The molecule has 3 aromatic carbocycles. The molecule has 1 atom stereocenters. The molecule has 32 heavy (non-hydrogen) atoms. The van der Waals surface area contributed by atoms with E-state index >= 15 is 0 Å². The fraction of sp³-hybridized carbons (Fsp3) is 0.125. The van der Waals surface area contributed by atoms with E-state index in [1.807, 2.05) is 36.4 Å². The summed E-state index contributed by atoms with van der Waals surface area (Å²) in [5, 5.41) is 14.4. The number of hydrogen-bond donors (Lipinski definition) is 1. The van der Waals surface area contributed by atoms with Crippen molar-refractivity contribution in [3.8, 4) is 11.5 Å². The Labute approximate surface area is 183 Å². The third-order valence-electron chi connectivity index (χ3n) is 5.75. The van der Waals surface area contributed by atoms with Gasteiger partial charge in [-0.15, -0.1) is 0 Å². The Bertz CT molecular complexity index is 1280. The van der Waals surface area contributed by atoms with E-state index in [2.05, 4.69) is 5.32 Å². The number of methoxy groups -OCH3 is 2. The van der Waals surface area contributed by atoms with E-state index < -0.39 is 11.0 Å². The summed E-state index contributed by atoms with van der Waals surface area (Å²) < 4.78 is 10.9. The Morgan fingerprint density at radius 3 is 2.44 bits per heavy atom. The SMILES string of the molecule is COc1ccc2c(c1OC)C(=O)N1c3ccccc3NC(c3ccc([N+](=O)[O-])cc3)=CC21. The smallest absolute Gasteiger partial charge is 0.269 e. The highest BCUT2D eigenvalue weighted by Gasteiger charge is 2.42. The number of rotatable bonds is 4. The number of nitro benzene ring substituents is 1. The fourth-order valence-corrected chi connectivity index (χ4v) is 4.28. The van der Waals surface area contributed by atoms with E-state index in [9.17, 15) is 14.9 Å². The second kappa shape index (κ2) is 7.42. The van der Waals surface area contributed by atoms with Crippen LogP contribution in [0, 0.1) is 10.1 Å². The number of carbonyl (C=O) groups excluding carboxylic acids is 1. The monoisotopic (exact) mass is 429 g/mol. The number of carbonyl (C=O) groups is 1. The molecule has 1 unspecified atom stereocenters. The molecule has 8 heteroatoms. The van der Waals surface area contributed by atoms with Crippen LogP contribution in [0.25, 0.3) is 5.70 Å². The van der Waals surface area contributed by atoms with E-state index in [4.69, 9.17) is 9.47 Å². The highest BCUT2D eigenvalue weighted by atomic mass is 16.6. The summed E-state index contributed by atoms with van der Waals surface area (Å²) in [6, 6.07) is 17.1. The first-order valence-electron chi connectivity index (χ1n) is 9.94. The summed E-state index contributed by atoms with van der Waals surface area (Å²) in [6.45, 7) is 0. The molecule has 0 spiro atoms. The molecule has 0 aromatic heterocycles. The summed E-state index contributed by atoms with van der Waals surface area (Å²) in [7, 11) is 3.05. The van der Waals surface area contributed by atoms with Crippen molar-refractivity contribution in [3.63, 3.8) is 0 Å². The molecule has 0 radical (unpaired) electrons. The minimum absolute atomic E-state index is 0.0169. The summed E-state index contributed by atoms with van der Waals surface area (Å²) in [5.41, 5.74) is 4.28. The topological polar surface area (TPSA) is 93.9 Å². The van der Waals surface area contributed by atoms with Gasteiger partial charge < -0.3 is 14.8 Å². The molecule has 0 fully saturated rings. The lowest BCUT2D eigenvalue weighted by Crippen LogP contribution is -2.26. The normalized spacial score (nSPS) is 16.2. The van der Waals surface area contributed by atoms with Crippen LogP contribution in [0.3, 0.4) is 0 Å². The number of non-ortho nitro benzene ring substituents is 1. The van der Waals surface area contributed by atoms with Gasteiger partial charge in [0, 0.05) is 17.8 Å². The number of amides is 1. The summed E-state index contributed by atoms with van der Waals surface area (Å²) >= 11 is 0. The van der Waals surface area contributed by atoms with Gasteiger partial charge in [0.15, 0.2) is 11.5 Å². The van der Waals surface area contributed by atoms with Crippen LogP contribution in [0.5, 0.6) is 11.5 Å². The van der Waals surface area contributed by atoms with Crippen molar-refractivity contribution in [3.05, 3.63) is 93.5 Å². The van der Waals surface area contributed by atoms with E-state index in [0.29, 0.717) is 17.1 Å². The molecule has 2 heterocycles. The molecular formula is C24H19N3O5. The van der Waals surface area contributed by atoms with Gasteiger partial charge in [0.1, 0.15) is 0 Å². The van der Waals surface area contributed by atoms with E-state index in [1.165, 1.54) is 26.4 Å². The molecule has 2 aliphatic rings. The van der Waals surface area contributed by atoms with Gasteiger partial charge in [-0.1, -0.05) is 18.2 Å². The maximum Gasteiger partial charge on any atom is 0.269 e. The number of anilines is 2. The summed E-state index contributed by atoms with van der Waals surface area (Å²) in [6.07, 6.45) is 1.96. The Balaban J connectivity index is 1.71. The molecule has 1 amide bonds. The largest absolute Gasteiger partial charge is 0.493 e. The van der Waals surface area contributed by atoms with Crippen LogP contribution in [0.1, 0.15) is 27.5 Å². The predicted octanol–water partition coefficient (Wildman–Crippen LogP) is 4.78. The van der Waals surface area contributed by atoms with Gasteiger partial charge in [0.05, 0.1) is 42.1 Å². The zero-order valence-corrected chi connectivity index (χ0v) is 17.4. The predicted molar refractivity (Wildman–Crippen MR) is 120 cm³/mol. The van der Waals surface area contributed by atoms with Crippen molar-refractivity contribution in [1.29, 1.82) is 0 Å². The minimum Gasteiger partial charge on any atom is -0.493 e. The van der Waals surface area contributed by atoms with Gasteiger partial charge in [-0.05, 0) is 47.5 Å². The average Bonchev–Trinajstić information content (AvgIpc) is 2.98. The molecule has 0 saturated carbocycles. The first-order valence-corrected chi connectivity index (χ1v) is 9.94. The zero-order chi connectivity index (χ0) is 22.4. The lowest BCUT2D eigenvalue weighted by atomic mass is 10.0. The highest BCUT2D eigenvalue weighted by Crippen LogP contribution is 2.49. The first-order chi connectivity index (χ1) is 15.5. The summed E-state index contributed by atoms with van der Waals surface area (Å²) in [5.74, 6) is 0.707. The third kappa shape index (κ3) is 2.88. The fourth-order valence-electron chi connectivity index (χ4n) is 4.28. The Morgan fingerprint density at radius 1 is 1.00 bits per heavy atom. The molecule has 160 valence electrons. The van der Waals surface area contributed by atoms with Crippen LogP contribution in [0.2, 0.25) is 0 Å². The second-order valence-electron chi connectivity index (χ2n) is 7.41. The van der Waals surface area contributed by atoms with Crippen LogP contribution in [0.15, 0.2) is 66.7 Å². The van der Waals surface area contributed by atoms with Crippen molar-refractivity contribution >= 4 is 28.7 Å². The zero-order valence-electron chi connectivity index (χ0n) is 17.4. The Hall–Kier alpha value is -4.33. The highest BCUT2D eigenvalue weighted by molar-refractivity contribution is 6.16. The minimum atomic E-state index is -0.429. The number of nitrogens with one attached hydrogen (secondary N) is 1. The molecule has 3 aromatic rings. The molecule has 0 bridgehead atoms. The number of para-hydroxylation sites is 2. The Kier molecular flexibility index (Phi) is 4.55. The molecule has 0 aliphatic carbocycles. The van der Waals surface area contributed by atoms with Gasteiger partial charge in [-0.3, -0.25) is 19.8 Å². The lowest BCUT2D eigenvalue weighted by Gasteiger charge is -2.22. The van der Waals surface area contributed by atoms with Crippen molar-refractivity contribution < 1.29 is 19.2 Å². The summed E-state index contributed by atoms with van der Waals surface area (Å²) in [4.78, 5) is 26.0. The van der Waals surface area contributed by atoms with Crippen LogP contribution in [0.4, 0.5) is 17.1 Å². The number of nitro groups is 1. The molecule has 2 aliphatic heterocycles. The first kappa shape index (κ1) is 19.6. The number of hydrogen-bond acceptors (Lipinski definition) is 6. The number of benzene rings is 3. The van der Waals surface area contributed by atoms with Crippen molar-refractivity contribution in [2.45, 2.75) is 6.04 Å². The van der Waals surface area contributed by atoms with E-state index in [1.54, 1.807) is 23.1 Å². The van der Waals surface area contributed by atoms with Crippen LogP contribution in [-0.2, 0) is 0 Å². The standard InChI is InChI=1S/C24H19N3O5/c1-31-21-12-11-16-20-13-18(14-7-9-15(10-8-14)27(29)30)25-17-5-3-4-6-19(17)26(20)24(28)22(16)23(21)32-2/h3-13,20,25H,1-2H3. The van der Waals surface area contributed by atoms with Crippen molar-refractivity contribution in [2.75, 3.05) is 24.4 Å². The van der Waals surface area contributed by atoms with E-state index in [0.717, 1.165) is 28.2 Å². The number of nitrogens with zero attached hydrogens (tertiary/aromatic N) is 2. The molecule has 1 N–H and O–H groups in total. The maximum atomic E-state index is 13.6. The molecule has 0 saturated heterocycles. The van der Waals surface area contributed by atoms with Crippen LogP contribution in [-0.4, -0.2) is 25.1 Å². The van der Waals surface area contributed by atoms with Crippen LogP contribution >= 0.6 is 0 Å². The second-order valence-corrected chi connectivity index (χ2v) is 7.41. The number of ether oxygens (including phenoxy) is 2. The Morgan fingerprint density at radius 2 is 1.75 bits per heavy atom. The third-order valence-corrected chi connectivity index (χ3v) is 5.75. The molecule has 5 rings (SSSR count). The molecule has 8 nitrogen and oxygen atoms in total. The van der Waals surface area contributed by atoms with Gasteiger partial charge in [-0.2, -0.15) is 0 Å². The van der Waals surface area contributed by atoms with E-state index in [-0.39, 0.29) is 11.6 Å². The van der Waals surface area contributed by atoms with Crippen LogP contribution < -0.4 is 19.7 Å². The van der Waals surface area contributed by atoms with Gasteiger partial charge in [0.2, 0.25) is 0 Å². The number of fused-ring (bicyclic) bond motifs is 5. The van der Waals surface area contributed by atoms with Gasteiger partial charge in [-0.25, -0.2) is 0 Å². The quantitative estimate of drug-likeness (QED) is 0.474.